The van der Waals surface area contributed by atoms with Crippen molar-refractivity contribution in [1.29, 1.82) is 0 Å². The maximum atomic E-state index is 12.2. The van der Waals surface area contributed by atoms with Crippen molar-refractivity contribution in [1.82, 2.24) is 9.88 Å². The fourth-order valence-electron chi connectivity index (χ4n) is 2.23. The molecule has 0 aromatic carbocycles. The van der Waals surface area contributed by atoms with E-state index in [0.29, 0.717) is 18.8 Å². The highest BCUT2D eigenvalue weighted by Crippen LogP contribution is 2.27. The summed E-state index contributed by atoms with van der Waals surface area (Å²) < 4.78 is 28.8. The second kappa shape index (κ2) is 5.69. The normalized spacial score (nSPS) is 21.9. The average molecular weight is 280 g/mol. The second-order valence-corrected chi connectivity index (χ2v) is 6.02. The molecule has 1 aromatic rings. The average Bonchev–Trinajstić information content (AvgIpc) is 2.47. The minimum atomic E-state index is -0.561. The molecule has 1 amide bonds. The van der Waals surface area contributed by atoms with Crippen LogP contribution in [0.3, 0.4) is 0 Å². The summed E-state index contributed by atoms with van der Waals surface area (Å²) in [7, 11) is 0. The van der Waals surface area contributed by atoms with Crippen molar-refractivity contribution in [2.75, 3.05) is 18.8 Å². The lowest BCUT2D eigenvalue weighted by Gasteiger charge is -2.33. The third-order valence-electron chi connectivity index (χ3n) is 3.08. The van der Waals surface area contributed by atoms with Crippen molar-refractivity contribution >= 4 is 11.9 Å². The summed E-state index contributed by atoms with van der Waals surface area (Å²) in [5, 5.41) is 0. The van der Waals surface area contributed by atoms with Crippen LogP contribution in [0.5, 0.6) is 0 Å². The van der Waals surface area contributed by atoms with Gasteiger partial charge >= 0.3 is 6.09 Å². The number of piperidine rings is 1. The number of hydrogen-bond donors (Lipinski definition) is 1. The summed E-state index contributed by atoms with van der Waals surface area (Å²) in [5.41, 5.74) is 5.49. The van der Waals surface area contributed by atoms with E-state index < -0.39 is 5.60 Å². The van der Waals surface area contributed by atoms with E-state index >= 15 is 0 Å². The zero-order valence-electron chi connectivity index (χ0n) is 15.2. The summed E-state index contributed by atoms with van der Waals surface area (Å²) >= 11 is 0. The van der Waals surface area contributed by atoms with Gasteiger partial charge in [0.05, 0.1) is 4.11 Å². The Hall–Kier alpha value is -1.78. The number of nitrogen functional groups attached to an aromatic ring is 1. The Bertz CT molecular complexity index is 617. The quantitative estimate of drug-likeness (QED) is 0.859. The molecule has 0 bridgehead atoms. The third-order valence-corrected chi connectivity index (χ3v) is 3.08. The first kappa shape index (κ1) is 10.9. The molecule has 20 heavy (non-hydrogen) atoms. The van der Waals surface area contributed by atoms with Crippen molar-refractivity contribution in [3.8, 4) is 0 Å². The lowest BCUT2D eigenvalue weighted by Crippen LogP contribution is -2.42. The Morgan fingerprint density at radius 3 is 3.00 bits per heavy atom. The summed E-state index contributed by atoms with van der Waals surface area (Å²) in [5.74, 6) is -0.217. The lowest BCUT2D eigenvalue weighted by molar-refractivity contribution is 0.0197. The number of carbonyl (C=O) groups excluding carboxylic acids is 1. The van der Waals surface area contributed by atoms with Crippen LogP contribution in [0.2, 0.25) is 0 Å². The third kappa shape index (κ3) is 3.85. The number of hydrogen-bond acceptors (Lipinski definition) is 4. The van der Waals surface area contributed by atoms with E-state index in [1.165, 1.54) is 0 Å². The Morgan fingerprint density at radius 1 is 1.55 bits per heavy atom. The van der Waals surface area contributed by atoms with Gasteiger partial charge in [0.2, 0.25) is 0 Å². The molecular weight excluding hydrogens is 254 g/mol. The number of rotatable bonds is 1. The molecule has 5 nitrogen and oxygen atoms in total. The van der Waals surface area contributed by atoms with E-state index in [4.69, 9.17) is 14.6 Å². The van der Waals surface area contributed by atoms with Crippen LogP contribution < -0.4 is 5.73 Å². The highest BCUT2D eigenvalue weighted by molar-refractivity contribution is 5.68. The van der Waals surface area contributed by atoms with Gasteiger partial charge in [-0.05, 0) is 45.7 Å². The molecule has 1 atom stereocenters. The molecule has 2 rings (SSSR count). The van der Waals surface area contributed by atoms with Gasteiger partial charge in [-0.2, -0.15) is 0 Å². The van der Waals surface area contributed by atoms with Crippen LogP contribution in [0, 0.1) is 0 Å². The highest BCUT2D eigenvalue weighted by atomic mass is 16.6. The number of nitrogens with two attached hydrogens (primary N) is 1. The standard InChI is InChI=1S/C15H23N3O2/c1-15(2,3)20-14(19)18-9-5-6-11(10-18)12-7-4-8-13(16)17-12/h4,7-8,11H,5-6,9-10H2,1-3H3,(H2,16,17)/i4D,7D,8D. The van der Waals surface area contributed by atoms with Crippen molar-refractivity contribution in [3.05, 3.63) is 23.8 Å². The maximum Gasteiger partial charge on any atom is 0.410 e. The lowest BCUT2D eigenvalue weighted by atomic mass is 9.94. The van der Waals surface area contributed by atoms with E-state index in [0.717, 1.165) is 12.8 Å². The van der Waals surface area contributed by atoms with Gasteiger partial charge in [0.25, 0.3) is 0 Å². The molecular formula is C15H23N3O2. The van der Waals surface area contributed by atoms with E-state index in [1.54, 1.807) is 4.90 Å². The van der Waals surface area contributed by atoms with Crippen molar-refractivity contribution in [3.63, 3.8) is 0 Å². The van der Waals surface area contributed by atoms with Gasteiger partial charge in [0.1, 0.15) is 11.4 Å². The Labute approximate surface area is 124 Å². The van der Waals surface area contributed by atoms with Crippen LogP contribution in [0.1, 0.15) is 49.3 Å². The summed E-state index contributed by atoms with van der Waals surface area (Å²) in [4.78, 5) is 17.9. The van der Waals surface area contributed by atoms with Crippen molar-refractivity contribution < 1.29 is 13.6 Å². The first-order valence-corrected chi connectivity index (χ1v) is 6.81. The van der Waals surface area contributed by atoms with Crippen LogP contribution in [0.25, 0.3) is 0 Å². The molecule has 0 spiro atoms. The molecule has 1 unspecified atom stereocenters. The number of amides is 1. The van der Waals surface area contributed by atoms with E-state index in [2.05, 4.69) is 4.98 Å². The molecule has 5 heteroatoms. The van der Waals surface area contributed by atoms with E-state index in [1.807, 2.05) is 20.8 Å². The molecule has 1 saturated heterocycles. The monoisotopic (exact) mass is 280 g/mol. The number of ether oxygens (including phenoxy) is 1. The molecule has 2 N–H and O–H groups in total. The SMILES string of the molecule is [2H]c1c(N)nc(C2CCCN(C(=O)OC(C)(C)C)C2)c([2H])c1[2H]. The van der Waals surface area contributed by atoms with Crippen LogP contribution >= 0.6 is 0 Å². The molecule has 110 valence electrons. The van der Waals surface area contributed by atoms with Crippen LogP contribution in [-0.2, 0) is 4.74 Å². The number of anilines is 1. The fourth-order valence-corrected chi connectivity index (χ4v) is 2.23. The number of aromatic nitrogens is 1. The minimum absolute atomic E-state index is 0.0459. The maximum absolute atomic E-state index is 12.2. The van der Waals surface area contributed by atoms with Gasteiger partial charge in [-0.3, -0.25) is 0 Å². The largest absolute Gasteiger partial charge is 0.444 e. The molecule has 1 fully saturated rings. The first-order chi connectivity index (χ1) is 10.6. The zero-order chi connectivity index (χ0) is 17.4. The number of carbonyl (C=O) groups is 1. The van der Waals surface area contributed by atoms with Crippen LogP contribution in [0.15, 0.2) is 18.1 Å². The minimum Gasteiger partial charge on any atom is -0.444 e. The Balaban J connectivity index is 2.21. The topological polar surface area (TPSA) is 68.5 Å². The van der Waals surface area contributed by atoms with Crippen molar-refractivity contribution in [2.45, 2.75) is 45.1 Å². The summed E-state index contributed by atoms with van der Waals surface area (Å²) in [6, 6.07) is -0.527. The molecule has 0 saturated carbocycles. The van der Waals surface area contributed by atoms with Crippen LogP contribution in [0.4, 0.5) is 10.6 Å². The number of likely N-dealkylation sites (tertiary alicyclic amines) is 1. The highest BCUT2D eigenvalue weighted by Gasteiger charge is 2.28. The van der Waals surface area contributed by atoms with Crippen molar-refractivity contribution in [2.24, 2.45) is 0 Å². The van der Waals surface area contributed by atoms with Gasteiger partial charge in [-0.15, -0.1) is 0 Å². The van der Waals surface area contributed by atoms with E-state index in [9.17, 15) is 4.79 Å². The first-order valence-electron chi connectivity index (χ1n) is 8.31. The molecule has 2 heterocycles. The van der Waals surface area contributed by atoms with Gasteiger partial charge in [-0.1, -0.05) is 6.04 Å². The molecule has 1 aliphatic heterocycles. The molecule has 0 aliphatic carbocycles. The predicted molar refractivity (Wildman–Crippen MR) is 78.4 cm³/mol. The second-order valence-electron chi connectivity index (χ2n) is 6.02. The van der Waals surface area contributed by atoms with Gasteiger partial charge in [0, 0.05) is 24.7 Å². The van der Waals surface area contributed by atoms with Gasteiger partial charge in [0.15, 0.2) is 0 Å². The fraction of sp³-hybridized carbons (Fsp3) is 0.600. The Morgan fingerprint density at radius 2 is 2.30 bits per heavy atom. The summed E-state index contributed by atoms with van der Waals surface area (Å²) in [6.45, 7) is 6.42. The van der Waals surface area contributed by atoms with Gasteiger partial charge in [-0.25, -0.2) is 9.78 Å². The number of nitrogens with zero attached hydrogens (tertiary/aromatic N) is 2. The zero-order valence-corrected chi connectivity index (χ0v) is 12.2. The molecule has 0 radical (unpaired) electrons. The Kier molecular flexibility index (Phi) is 3.11. The smallest absolute Gasteiger partial charge is 0.410 e. The number of pyridine rings is 1. The van der Waals surface area contributed by atoms with Gasteiger partial charge < -0.3 is 15.4 Å². The molecule has 1 aliphatic rings. The van der Waals surface area contributed by atoms with E-state index in [-0.39, 0.29) is 36.0 Å². The predicted octanol–water partition coefficient (Wildman–Crippen LogP) is 2.78. The summed E-state index contributed by atoms with van der Waals surface area (Å²) in [6.07, 6.45) is 1.14. The molecule has 1 aromatic heterocycles. The van der Waals surface area contributed by atoms with Crippen LogP contribution in [-0.4, -0.2) is 34.7 Å².